The van der Waals surface area contributed by atoms with Crippen molar-refractivity contribution in [3.05, 3.63) is 23.8 Å². The molecule has 7 heteroatoms. The summed E-state index contributed by atoms with van der Waals surface area (Å²) in [6.45, 7) is 0. The first-order valence-electron chi connectivity index (χ1n) is 3.39. The number of hydrogen-bond donors (Lipinski definition) is 2. The average molecular weight is 216 g/mol. The van der Waals surface area contributed by atoms with Crippen LogP contribution in [-0.2, 0) is 10.1 Å². The minimum absolute atomic E-state index is 0.206. The molecule has 0 aliphatic rings. The van der Waals surface area contributed by atoms with E-state index in [9.17, 15) is 13.2 Å². The molecule has 0 amide bonds. The van der Waals surface area contributed by atoms with Crippen LogP contribution in [0.4, 0.5) is 5.69 Å². The zero-order valence-electron chi connectivity index (χ0n) is 6.76. The molecule has 1 radical (unpaired) electrons. The zero-order chi connectivity index (χ0) is 10.9. The minimum atomic E-state index is -4.46. The van der Waals surface area contributed by atoms with Crippen molar-refractivity contribution in [2.75, 3.05) is 0 Å². The lowest BCUT2D eigenvalue weighted by Gasteiger charge is -2.01. The molecule has 3 N–H and O–H groups in total. The summed E-state index contributed by atoms with van der Waals surface area (Å²) >= 11 is 0. The van der Waals surface area contributed by atoms with E-state index in [1.807, 2.05) is 0 Å². The smallest absolute Gasteiger partial charge is 0.335 e. The van der Waals surface area contributed by atoms with Crippen molar-refractivity contribution in [1.82, 2.24) is 5.73 Å². The molecular formula is C7H6NO5S. The number of benzene rings is 1. The van der Waals surface area contributed by atoms with Gasteiger partial charge in [-0.3, -0.25) is 10.3 Å². The van der Waals surface area contributed by atoms with Gasteiger partial charge in [-0.1, -0.05) is 0 Å². The summed E-state index contributed by atoms with van der Waals surface area (Å²) in [5.74, 6) is -1.26. The highest BCUT2D eigenvalue weighted by Crippen LogP contribution is 2.20. The zero-order valence-corrected chi connectivity index (χ0v) is 7.58. The van der Waals surface area contributed by atoms with Gasteiger partial charge in [0.15, 0.2) is 0 Å². The lowest BCUT2D eigenvalue weighted by atomic mass is 10.2. The molecule has 75 valence electrons. The molecule has 0 saturated heterocycles. The Bertz CT molecular complexity index is 479. The van der Waals surface area contributed by atoms with Crippen molar-refractivity contribution >= 4 is 21.8 Å². The summed E-state index contributed by atoms with van der Waals surface area (Å²) in [6.07, 6.45) is 0. The number of carbonyl (C=O) groups is 1. The fourth-order valence-electron chi connectivity index (χ4n) is 0.888. The SMILES string of the molecule is [NH]c1cc(C(=O)O)ccc1S(=O)(=O)O. The van der Waals surface area contributed by atoms with E-state index in [1.54, 1.807) is 0 Å². The number of hydrogen-bond acceptors (Lipinski definition) is 3. The second kappa shape index (κ2) is 3.28. The first-order chi connectivity index (χ1) is 6.32. The van der Waals surface area contributed by atoms with Crippen molar-refractivity contribution < 1.29 is 22.9 Å². The third-order valence-electron chi connectivity index (χ3n) is 1.50. The van der Waals surface area contributed by atoms with Crippen LogP contribution in [0, 0.1) is 0 Å². The Balaban J connectivity index is 3.35. The van der Waals surface area contributed by atoms with Gasteiger partial charge in [-0.05, 0) is 18.2 Å². The molecule has 1 aromatic carbocycles. The predicted molar refractivity (Wildman–Crippen MR) is 46.0 cm³/mol. The van der Waals surface area contributed by atoms with Gasteiger partial charge in [0.1, 0.15) is 4.90 Å². The molecule has 1 aromatic rings. The lowest BCUT2D eigenvalue weighted by Crippen LogP contribution is -2.02. The maximum atomic E-state index is 10.6. The van der Waals surface area contributed by atoms with Gasteiger partial charge in [0, 0.05) is 0 Å². The Morgan fingerprint density at radius 3 is 2.29 bits per heavy atom. The van der Waals surface area contributed by atoms with Crippen LogP contribution in [0.25, 0.3) is 0 Å². The van der Waals surface area contributed by atoms with Crippen LogP contribution in [0.2, 0.25) is 0 Å². The Labute approximate surface area is 79.7 Å². The molecule has 1 rings (SSSR count). The van der Waals surface area contributed by atoms with Gasteiger partial charge in [0.2, 0.25) is 0 Å². The molecular weight excluding hydrogens is 210 g/mol. The van der Waals surface area contributed by atoms with E-state index in [2.05, 4.69) is 0 Å². The van der Waals surface area contributed by atoms with Crippen LogP contribution in [-0.4, -0.2) is 24.0 Å². The van der Waals surface area contributed by atoms with E-state index in [0.717, 1.165) is 18.2 Å². The maximum absolute atomic E-state index is 10.6. The number of carboxylic acids is 1. The third kappa shape index (κ3) is 2.01. The minimum Gasteiger partial charge on any atom is -0.478 e. The average Bonchev–Trinajstić information content (AvgIpc) is 2.01. The molecule has 0 aliphatic heterocycles. The van der Waals surface area contributed by atoms with Crippen molar-refractivity contribution in [1.29, 1.82) is 0 Å². The highest BCUT2D eigenvalue weighted by Gasteiger charge is 2.15. The highest BCUT2D eigenvalue weighted by molar-refractivity contribution is 7.86. The topological polar surface area (TPSA) is 115 Å². The molecule has 0 aliphatic carbocycles. The summed E-state index contributed by atoms with van der Waals surface area (Å²) in [5.41, 5.74) is 6.40. The fourth-order valence-corrected chi connectivity index (χ4v) is 1.46. The molecule has 0 saturated carbocycles. The van der Waals surface area contributed by atoms with Gasteiger partial charge >= 0.3 is 5.97 Å². The number of rotatable bonds is 2. The van der Waals surface area contributed by atoms with Gasteiger partial charge in [-0.15, -0.1) is 0 Å². The Kier molecular flexibility index (Phi) is 2.45. The first-order valence-corrected chi connectivity index (χ1v) is 4.83. The van der Waals surface area contributed by atoms with Gasteiger partial charge in [0.05, 0.1) is 11.3 Å². The van der Waals surface area contributed by atoms with Crippen molar-refractivity contribution in [3.8, 4) is 0 Å². The summed E-state index contributed by atoms with van der Waals surface area (Å²) in [6, 6.07) is 2.73. The van der Waals surface area contributed by atoms with Crippen LogP contribution >= 0.6 is 0 Å². The van der Waals surface area contributed by atoms with Gasteiger partial charge in [0.25, 0.3) is 10.1 Å². The van der Waals surface area contributed by atoms with Crippen LogP contribution in [0.3, 0.4) is 0 Å². The molecule has 0 heterocycles. The van der Waals surface area contributed by atoms with Gasteiger partial charge in [-0.2, -0.15) is 8.42 Å². The summed E-state index contributed by atoms with van der Waals surface area (Å²) in [5, 5.41) is 8.51. The maximum Gasteiger partial charge on any atom is 0.335 e. The lowest BCUT2D eigenvalue weighted by molar-refractivity contribution is 0.0696. The number of nitrogens with one attached hydrogen (secondary N) is 1. The summed E-state index contributed by atoms with van der Waals surface area (Å²) in [4.78, 5) is 9.81. The van der Waals surface area contributed by atoms with Crippen molar-refractivity contribution in [3.63, 3.8) is 0 Å². The number of aromatic carboxylic acids is 1. The van der Waals surface area contributed by atoms with E-state index in [4.69, 9.17) is 15.4 Å². The van der Waals surface area contributed by atoms with Crippen LogP contribution < -0.4 is 5.73 Å². The van der Waals surface area contributed by atoms with E-state index in [-0.39, 0.29) is 5.56 Å². The van der Waals surface area contributed by atoms with E-state index in [0.29, 0.717) is 0 Å². The van der Waals surface area contributed by atoms with Gasteiger partial charge in [-0.25, -0.2) is 4.79 Å². The first kappa shape index (κ1) is 10.5. The van der Waals surface area contributed by atoms with Crippen molar-refractivity contribution in [2.45, 2.75) is 4.90 Å². The molecule has 14 heavy (non-hydrogen) atoms. The second-order valence-corrected chi connectivity index (χ2v) is 3.88. The van der Waals surface area contributed by atoms with Crippen LogP contribution in [0.1, 0.15) is 10.4 Å². The monoisotopic (exact) mass is 216 g/mol. The standard InChI is InChI=1S/C7H6NO5S/c8-5-3-4(7(9)10)1-2-6(5)14(11,12)13/h1-3,8H,(H,9,10)(H,11,12,13). The molecule has 0 bridgehead atoms. The molecule has 6 nitrogen and oxygen atoms in total. The highest BCUT2D eigenvalue weighted by atomic mass is 32.2. The molecule has 0 aromatic heterocycles. The van der Waals surface area contributed by atoms with Crippen LogP contribution in [0.15, 0.2) is 23.1 Å². The Morgan fingerprint density at radius 1 is 1.36 bits per heavy atom. The molecule has 0 spiro atoms. The molecule has 0 unspecified atom stereocenters. The predicted octanol–water partition coefficient (Wildman–Crippen LogP) is 0.546. The molecule has 0 fully saturated rings. The van der Waals surface area contributed by atoms with Crippen molar-refractivity contribution in [2.24, 2.45) is 0 Å². The van der Waals surface area contributed by atoms with Crippen LogP contribution in [0.5, 0.6) is 0 Å². The third-order valence-corrected chi connectivity index (χ3v) is 2.42. The van der Waals surface area contributed by atoms with E-state index in [1.165, 1.54) is 0 Å². The quantitative estimate of drug-likeness (QED) is 0.700. The van der Waals surface area contributed by atoms with E-state index < -0.39 is 26.7 Å². The number of carboxylic acid groups (broad SMARTS) is 1. The Morgan fingerprint density at radius 2 is 1.93 bits per heavy atom. The van der Waals surface area contributed by atoms with E-state index >= 15 is 0 Å². The second-order valence-electron chi connectivity index (χ2n) is 2.49. The molecule has 0 atom stereocenters. The summed E-state index contributed by atoms with van der Waals surface area (Å²) in [7, 11) is -4.46. The fraction of sp³-hybridized carbons (Fsp3) is 0. The normalized spacial score (nSPS) is 11.2. The summed E-state index contributed by atoms with van der Waals surface area (Å²) < 4.78 is 29.9. The van der Waals surface area contributed by atoms with Gasteiger partial charge < -0.3 is 5.11 Å². The largest absolute Gasteiger partial charge is 0.478 e. The Hall–Kier alpha value is -1.60.